The highest BCUT2D eigenvalue weighted by molar-refractivity contribution is 6.16. The highest BCUT2D eigenvalue weighted by Gasteiger charge is 2.25. The molecule has 0 radical (unpaired) electrons. The summed E-state index contributed by atoms with van der Waals surface area (Å²) >= 11 is 0. The van der Waals surface area contributed by atoms with Crippen LogP contribution in [0.1, 0.15) is 0 Å². The van der Waals surface area contributed by atoms with Gasteiger partial charge in [-0.05, 0) is 110 Å². The van der Waals surface area contributed by atoms with E-state index in [2.05, 4.69) is 209 Å². The molecule has 1 aliphatic carbocycles. The lowest BCUT2D eigenvalue weighted by Gasteiger charge is -2.10. The third kappa shape index (κ3) is 4.85. The minimum atomic E-state index is 0.670. The molecule has 0 saturated carbocycles. The Balaban J connectivity index is 1.02. The van der Waals surface area contributed by atoms with Crippen LogP contribution in [0.3, 0.4) is 0 Å². The Hall–Kier alpha value is -8.08. The van der Waals surface area contributed by atoms with Crippen LogP contribution in [-0.2, 0) is 0 Å². The van der Waals surface area contributed by atoms with Crippen molar-refractivity contribution in [1.82, 2.24) is 19.1 Å². The molecule has 3 heterocycles. The molecular formula is C56H34N4. The molecule has 4 nitrogen and oxygen atoms in total. The summed E-state index contributed by atoms with van der Waals surface area (Å²) in [7, 11) is 0. The van der Waals surface area contributed by atoms with Crippen LogP contribution in [0.4, 0.5) is 0 Å². The van der Waals surface area contributed by atoms with E-state index < -0.39 is 0 Å². The van der Waals surface area contributed by atoms with Gasteiger partial charge in [0.25, 0.3) is 0 Å². The van der Waals surface area contributed by atoms with Crippen LogP contribution in [0.25, 0.3) is 122 Å². The molecule has 60 heavy (non-hydrogen) atoms. The maximum atomic E-state index is 5.37. The Morgan fingerprint density at radius 2 is 0.783 bits per heavy atom. The number of hydrogen-bond acceptors (Lipinski definition) is 2. The van der Waals surface area contributed by atoms with Crippen LogP contribution >= 0.6 is 0 Å². The van der Waals surface area contributed by atoms with Crippen molar-refractivity contribution in [3.63, 3.8) is 0 Å². The lowest BCUT2D eigenvalue weighted by molar-refractivity contribution is 0.996. The van der Waals surface area contributed by atoms with Gasteiger partial charge in [-0.3, -0.25) is 4.57 Å². The minimum absolute atomic E-state index is 0.670. The molecule has 1 aliphatic rings. The van der Waals surface area contributed by atoms with Gasteiger partial charge >= 0.3 is 0 Å². The topological polar surface area (TPSA) is 35.6 Å². The number of benzene rings is 9. The smallest absolute Gasteiger partial charge is 0.235 e. The third-order valence-corrected chi connectivity index (χ3v) is 12.5. The summed E-state index contributed by atoms with van der Waals surface area (Å²) in [6.45, 7) is 0. The lowest BCUT2D eigenvalue weighted by atomic mass is 9.98. The van der Waals surface area contributed by atoms with Gasteiger partial charge in [-0.15, -0.1) is 0 Å². The second-order valence-electron chi connectivity index (χ2n) is 15.8. The fourth-order valence-electron chi connectivity index (χ4n) is 9.74. The average Bonchev–Trinajstić information content (AvgIpc) is 3.95. The summed E-state index contributed by atoms with van der Waals surface area (Å²) in [5.41, 5.74) is 17.2. The van der Waals surface area contributed by atoms with Crippen LogP contribution in [0, 0.1) is 0 Å². The van der Waals surface area contributed by atoms with Crippen molar-refractivity contribution < 1.29 is 0 Å². The Bertz CT molecular complexity index is 3690. The monoisotopic (exact) mass is 762 g/mol. The van der Waals surface area contributed by atoms with Crippen molar-refractivity contribution in [2.45, 2.75) is 0 Å². The number of para-hydroxylation sites is 1. The molecule has 278 valence electrons. The van der Waals surface area contributed by atoms with E-state index in [-0.39, 0.29) is 0 Å². The second-order valence-corrected chi connectivity index (χ2v) is 15.8. The first kappa shape index (κ1) is 32.9. The van der Waals surface area contributed by atoms with E-state index >= 15 is 0 Å². The van der Waals surface area contributed by atoms with Crippen molar-refractivity contribution in [2.75, 3.05) is 0 Å². The van der Waals surface area contributed by atoms with E-state index in [0.717, 1.165) is 49.9 Å². The zero-order valence-electron chi connectivity index (χ0n) is 32.4. The fourth-order valence-corrected chi connectivity index (χ4v) is 9.74. The van der Waals surface area contributed by atoms with E-state index in [0.29, 0.717) is 5.95 Å². The zero-order valence-corrected chi connectivity index (χ0v) is 32.4. The van der Waals surface area contributed by atoms with Crippen LogP contribution in [0.15, 0.2) is 206 Å². The molecule has 0 fully saturated rings. The predicted octanol–water partition coefficient (Wildman–Crippen LogP) is 14.5. The molecule has 0 N–H and O–H groups in total. The second kappa shape index (κ2) is 12.7. The highest BCUT2D eigenvalue weighted by Crippen LogP contribution is 2.47. The molecule has 0 spiro atoms. The summed E-state index contributed by atoms with van der Waals surface area (Å²) in [5, 5.41) is 7.25. The van der Waals surface area contributed by atoms with Crippen LogP contribution in [0.2, 0.25) is 0 Å². The summed E-state index contributed by atoms with van der Waals surface area (Å²) in [6, 6.07) is 72.4. The average molecular weight is 763 g/mol. The van der Waals surface area contributed by atoms with E-state index in [1.807, 2.05) is 6.20 Å². The molecule has 0 saturated heterocycles. The van der Waals surface area contributed by atoms with Crippen molar-refractivity contribution >= 4 is 54.4 Å². The van der Waals surface area contributed by atoms with Gasteiger partial charge in [0.15, 0.2) is 0 Å². The molecule has 0 unspecified atom stereocenters. The predicted molar refractivity (Wildman–Crippen MR) is 249 cm³/mol. The van der Waals surface area contributed by atoms with Gasteiger partial charge in [0.2, 0.25) is 5.95 Å². The van der Waals surface area contributed by atoms with Gasteiger partial charge in [0, 0.05) is 44.6 Å². The van der Waals surface area contributed by atoms with E-state index in [1.165, 1.54) is 66.0 Å². The van der Waals surface area contributed by atoms with E-state index in [1.54, 1.807) is 0 Å². The van der Waals surface area contributed by atoms with Crippen LogP contribution < -0.4 is 0 Å². The summed E-state index contributed by atoms with van der Waals surface area (Å²) in [4.78, 5) is 10.5. The number of hydrogen-bond donors (Lipinski definition) is 0. The molecule has 13 rings (SSSR count). The first-order valence-corrected chi connectivity index (χ1v) is 20.5. The maximum absolute atomic E-state index is 5.37. The Morgan fingerprint density at radius 1 is 0.333 bits per heavy atom. The van der Waals surface area contributed by atoms with E-state index in [9.17, 15) is 0 Å². The lowest BCUT2D eigenvalue weighted by Crippen LogP contribution is -2.02. The van der Waals surface area contributed by atoms with E-state index in [4.69, 9.17) is 9.97 Å². The number of nitrogens with zero attached hydrogens (tertiary/aromatic N) is 4. The largest absolute Gasteiger partial charge is 0.309 e. The fraction of sp³-hybridized carbons (Fsp3) is 0. The molecule has 0 atom stereocenters. The van der Waals surface area contributed by atoms with Gasteiger partial charge < -0.3 is 4.57 Å². The third-order valence-electron chi connectivity index (χ3n) is 12.5. The molecule has 0 amide bonds. The molecule has 9 aromatic carbocycles. The standard InChI is InChI=1S/C56H34N4/c1-4-12-35(13-5-1)38-22-26-50-45(30-38)46-32-40(24-27-51(46)59(50)42-18-8-3-9-19-42)41-25-29-53-48(33-41)47-31-39(36-14-6-2-7-15-36)23-28-52(47)60(53)56-57-34-49-43-20-10-16-37-17-11-21-44(54(37)43)55(49)58-56/h1-34H. The number of aromatic nitrogens is 4. The molecule has 0 bridgehead atoms. The van der Waals surface area contributed by atoms with Gasteiger partial charge in [-0.2, -0.15) is 0 Å². The first-order valence-electron chi connectivity index (χ1n) is 20.5. The van der Waals surface area contributed by atoms with Crippen molar-refractivity contribution in [3.05, 3.63) is 206 Å². The molecule has 4 heteroatoms. The normalized spacial score (nSPS) is 12.0. The Morgan fingerprint density at radius 3 is 1.30 bits per heavy atom. The number of fused-ring (bicyclic) bond motifs is 9. The summed E-state index contributed by atoms with van der Waals surface area (Å²) in [6.07, 6.45) is 2.02. The highest BCUT2D eigenvalue weighted by atomic mass is 15.2. The molecule has 3 aromatic heterocycles. The molecule has 12 aromatic rings. The van der Waals surface area contributed by atoms with Crippen LogP contribution in [-0.4, -0.2) is 19.1 Å². The Kier molecular flexibility index (Phi) is 6.98. The minimum Gasteiger partial charge on any atom is -0.309 e. The van der Waals surface area contributed by atoms with Gasteiger partial charge in [-0.1, -0.05) is 140 Å². The van der Waals surface area contributed by atoms with Crippen molar-refractivity contribution in [3.8, 4) is 67.4 Å². The molecular weight excluding hydrogens is 729 g/mol. The van der Waals surface area contributed by atoms with Crippen LogP contribution in [0.5, 0.6) is 0 Å². The maximum Gasteiger partial charge on any atom is 0.235 e. The summed E-state index contributed by atoms with van der Waals surface area (Å²) in [5.74, 6) is 0.670. The Labute approximate surface area is 345 Å². The molecule has 0 aliphatic heterocycles. The summed E-state index contributed by atoms with van der Waals surface area (Å²) < 4.78 is 4.63. The number of rotatable bonds is 5. The first-order chi connectivity index (χ1) is 29.7. The van der Waals surface area contributed by atoms with Crippen molar-refractivity contribution in [2.24, 2.45) is 0 Å². The SMILES string of the molecule is c1ccc(-c2ccc3c(c2)c2cc(-c4ccc5c(c4)c4cc(-c6ccccc6)ccc4n5-c4ncc5c(n4)-c4cccc6cccc-5c46)ccc2n3-c2ccccc2)cc1. The van der Waals surface area contributed by atoms with Gasteiger partial charge in [0.05, 0.1) is 27.8 Å². The zero-order chi connectivity index (χ0) is 39.3. The van der Waals surface area contributed by atoms with Crippen molar-refractivity contribution in [1.29, 1.82) is 0 Å². The van der Waals surface area contributed by atoms with Gasteiger partial charge in [0.1, 0.15) is 0 Å². The van der Waals surface area contributed by atoms with Gasteiger partial charge in [-0.25, -0.2) is 9.97 Å². The quantitative estimate of drug-likeness (QED) is 0.175.